The van der Waals surface area contributed by atoms with Crippen LogP contribution in [0.15, 0.2) is 18.2 Å². The van der Waals surface area contributed by atoms with E-state index in [1.165, 1.54) is 4.90 Å². The fourth-order valence-corrected chi connectivity index (χ4v) is 5.30. The topological polar surface area (TPSA) is 87.7 Å². The second kappa shape index (κ2) is 7.38. The highest BCUT2D eigenvalue weighted by atomic mass is 35.5. The Morgan fingerprint density at radius 2 is 2.00 bits per heavy atom. The summed E-state index contributed by atoms with van der Waals surface area (Å²) in [7, 11) is 1.59. The van der Waals surface area contributed by atoms with Crippen molar-refractivity contribution in [2.24, 2.45) is 17.8 Å². The lowest BCUT2D eigenvalue weighted by Crippen LogP contribution is -2.53. The number of carbonyl (C=O) groups is 3. The molecule has 1 spiro atoms. The number of nitrogens with one attached hydrogen (secondary N) is 2. The number of benzene rings is 1. The second-order valence-corrected chi connectivity index (χ2v) is 8.95. The largest absolute Gasteiger partial charge is 0.385 e. The molecule has 29 heavy (non-hydrogen) atoms. The van der Waals surface area contributed by atoms with E-state index in [9.17, 15) is 14.4 Å². The van der Waals surface area contributed by atoms with Gasteiger partial charge in [-0.15, -0.1) is 0 Å². The summed E-state index contributed by atoms with van der Waals surface area (Å²) in [5.41, 5.74) is 0.0118. The molecule has 3 aliphatic heterocycles. The first-order valence-corrected chi connectivity index (χ1v) is 10.4. The summed E-state index contributed by atoms with van der Waals surface area (Å²) < 4.78 is 5.07. The van der Waals surface area contributed by atoms with Gasteiger partial charge in [-0.3, -0.25) is 24.6 Å². The van der Waals surface area contributed by atoms with Crippen molar-refractivity contribution < 1.29 is 19.1 Å². The van der Waals surface area contributed by atoms with Crippen LogP contribution in [0.3, 0.4) is 0 Å². The molecule has 3 heterocycles. The molecule has 4 atom stereocenters. The molecular formula is C21H26ClN3O4. The average molecular weight is 420 g/mol. The number of imide groups is 1. The number of methoxy groups -OCH3 is 1. The Morgan fingerprint density at radius 1 is 1.24 bits per heavy atom. The van der Waals surface area contributed by atoms with E-state index in [1.54, 1.807) is 25.3 Å². The van der Waals surface area contributed by atoms with Gasteiger partial charge in [0.1, 0.15) is 5.54 Å². The first-order valence-electron chi connectivity index (χ1n) is 10.0. The monoisotopic (exact) mass is 419 g/mol. The van der Waals surface area contributed by atoms with Crippen molar-refractivity contribution in [3.05, 3.63) is 28.8 Å². The summed E-state index contributed by atoms with van der Waals surface area (Å²) in [6.45, 7) is 4.90. The van der Waals surface area contributed by atoms with E-state index < -0.39 is 17.4 Å². The molecule has 1 aromatic rings. The summed E-state index contributed by atoms with van der Waals surface area (Å²) in [5.74, 6) is -1.83. The SMILES string of the molecule is COCCCN1C(=O)[C@H]2[C@@H](C1=O)[C@]1(N[C@@H]2CC(C)C)C(=O)Nc2ccc(Cl)cc21. The number of amides is 3. The molecule has 0 radical (unpaired) electrons. The minimum Gasteiger partial charge on any atom is -0.385 e. The number of nitrogens with zero attached hydrogens (tertiary/aromatic N) is 1. The van der Waals surface area contributed by atoms with E-state index in [4.69, 9.17) is 16.3 Å². The fourth-order valence-electron chi connectivity index (χ4n) is 5.13. The molecule has 3 aliphatic rings. The quantitative estimate of drug-likeness (QED) is 0.545. The normalized spacial score (nSPS) is 30.4. The zero-order chi connectivity index (χ0) is 20.9. The molecule has 0 aromatic heterocycles. The van der Waals surface area contributed by atoms with Crippen LogP contribution in [-0.4, -0.2) is 48.9 Å². The third-order valence-corrected chi connectivity index (χ3v) is 6.46. The Hall–Kier alpha value is -1.96. The minimum absolute atomic E-state index is 0.200. The van der Waals surface area contributed by atoms with Crippen LogP contribution in [0.5, 0.6) is 0 Å². The number of rotatable bonds is 6. The zero-order valence-corrected chi connectivity index (χ0v) is 17.6. The van der Waals surface area contributed by atoms with Crippen molar-refractivity contribution in [1.29, 1.82) is 0 Å². The Kier molecular flexibility index (Phi) is 5.17. The molecule has 2 saturated heterocycles. The van der Waals surface area contributed by atoms with E-state index in [1.807, 2.05) is 0 Å². The van der Waals surface area contributed by atoms with E-state index in [0.29, 0.717) is 48.2 Å². The summed E-state index contributed by atoms with van der Waals surface area (Å²) in [6, 6.07) is 4.91. The molecule has 0 bridgehead atoms. The molecule has 0 saturated carbocycles. The lowest BCUT2D eigenvalue weighted by molar-refractivity contribution is -0.143. The van der Waals surface area contributed by atoms with Crippen molar-refractivity contribution in [3.8, 4) is 0 Å². The van der Waals surface area contributed by atoms with Gasteiger partial charge >= 0.3 is 0 Å². The van der Waals surface area contributed by atoms with Gasteiger partial charge in [0, 0.05) is 42.6 Å². The van der Waals surface area contributed by atoms with Gasteiger partial charge in [-0.05, 0) is 37.0 Å². The first-order chi connectivity index (χ1) is 13.8. The van der Waals surface area contributed by atoms with Gasteiger partial charge in [-0.25, -0.2) is 0 Å². The Labute approximate surface area is 175 Å². The molecule has 156 valence electrons. The molecule has 0 unspecified atom stereocenters. The predicted molar refractivity (Wildman–Crippen MR) is 108 cm³/mol. The summed E-state index contributed by atoms with van der Waals surface area (Å²) >= 11 is 6.23. The highest BCUT2D eigenvalue weighted by Crippen LogP contribution is 2.54. The zero-order valence-electron chi connectivity index (χ0n) is 16.8. The van der Waals surface area contributed by atoms with Crippen LogP contribution in [0.2, 0.25) is 5.02 Å². The van der Waals surface area contributed by atoms with Crippen LogP contribution < -0.4 is 10.6 Å². The number of hydrogen-bond donors (Lipinski definition) is 2. The minimum atomic E-state index is -1.27. The van der Waals surface area contributed by atoms with Gasteiger partial charge in [0.15, 0.2) is 0 Å². The van der Waals surface area contributed by atoms with Gasteiger partial charge in [0.2, 0.25) is 17.7 Å². The van der Waals surface area contributed by atoms with Gasteiger partial charge < -0.3 is 10.1 Å². The fraction of sp³-hybridized carbons (Fsp3) is 0.571. The number of fused-ring (bicyclic) bond motifs is 4. The maximum absolute atomic E-state index is 13.4. The lowest BCUT2D eigenvalue weighted by Gasteiger charge is -2.30. The molecule has 1 aromatic carbocycles. The standard InChI is InChI=1S/C21H26ClN3O4/c1-11(2)9-15-16-17(19(27)25(18(16)26)7-4-8-29-3)21(24-15)13-10-12(22)5-6-14(13)23-20(21)28/h5-6,10-11,15-17,24H,4,7-9H2,1-3H3,(H,23,28)/t15-,16-,17+,21+/m1/s1. The highest BCUT2D eigenvalue weighted by molar-refractivity contribution is 6.31. The van der Waals surface area contributed by atoms with Crippen LogP contribution in [0, 0.1) is 17.8 Å². The number of likely N-dealkylation sites (tertiary alicyclic amines) is 1. The third-order valence-electron chi connectivity index (χ3n) is 6.22. The highest BCUT2D eigenvalue weighted by Gasteiger charge is 2.70. The lowest BCUT2D eigenvalue weighted by atomic mass is 9.76. The summed E-state index contributed by atoms with van der Waals surface area (Å²) in [6.07, 6.45) is 1.26. The van der Waals surface area contributed by atoms with Crippen LogP contribution in [-0.2, 0) is 24.7 Å². The van der Waals surface area contributed by atoms with Gasteiger partial charge in [-0.2, -0.15) is 0 Å². The van der Waals surface area contributed by atoms with Crippen molar-refractivity contribution in [2.75, 3.05) is 25.6 Å². The van der Waals surface area contributed by atoms with Crippen molar-refractivity contribution in [1.82, 2.24) is 10.2 Å². The molecule has 7 nitrogen and oxygen atoms in total. The maximum atomic E-state index is 13.4. The molecule has 4 rings (SSSR count). The first kappa shape index (κ1) is 20.3. The Bertz CT molecular complexity index is 873. The number of anilines is 1. The summed E-state index contributed by atoms with van der Waals surface area (Å²) in [5, 5.41) is 6.79. The van der Waals surface area contributed by atoms with Crippen molar-refractivity contribution in [2.45, 2.75) is 38.3 Å². The average Bonchev–Trinajstić information content (AvgIpc) is 3.22. The second-order valence-electron chi connectivity index (χ2n) is 8.51. The van der Waals surface area contributed by atoms with Crippen LogP contribution in [0.4, 0.5) is 5.69 Å². The molecular weight excluding hydrogens is 394 g/mol. The number of halogens is 1. The van der Waals surface area contributed by atoms with Crippen molar-refractivity contribution >= 4 is 35.0 Å². The number of carbonyl (C=O) groups excluding carboxylic acids is 3. The Morgan fingerprint density at radius 3 is 2.69 bits per heavy atom. The van der Waals surface area contributed by atoms with Crippen molar-refractivity contribution in [3.63, 3.8) is 0 Å². The van der Waals surface area contributed by atoms with E-state index in [-0.39, 0.29) is 23.8 Å². The smallest absolute Gasteiger partial charge is 0.250 e. The number of ether oxygens (including phenoxy) is 1. The van der Waals surface area contributed by atoms with Gasteiger partial charge in [-0.1, -0.05) is 25.4 Å². The summed E-state index contributed by atoms with van der Waals surface area (Å²) in [4.78, 5) is 41.3. The van der Waals surface area contributed by atoms with Gasteiger partial charge in [0.05, 0.1) is 11.8 Å². The van der Waals surface area contributed by atoms with Crippen LogP contribution in [0.25, 0.3) is 0 Å². The van der Waals surface area contributed by atoms with E-state index >= 15 is 0 Å². The molecule has 8 heteroatoms. The molecule has 2 N–H and O–H groups in total. The molecule has 3 amide bonds. The number of hydrogen-bond acceptors (Lipinski definition) is 5. The Balaban J connectivity index is 1.79. The maximum Gasteiger partial charge on any atom is 0.250 e. The predicted octanol–water partition coefficient (Wildman–Crippen LogP) is 2.14. The van der Waals surface area contributed by atoms with Crippen LogP contribution in [0.1, 0.15) is 32.3 Å². The molecule has 0 aliphatic carbocycles. The van der Waals surface area contributed by atoms with Crippen LogP contribution >= 0.6 is 11.6 Å². The van der Waals surface area contributed by atoms with Gasteiger partial charge in [0.25, 0.3) is 0 Å². The van der Waals surface area contributed by atoms with E-state index in [0.717, 1.165) is 0 Å². The third kappa shape index (κ3) is 2.98. The van der Waals surface area contributed by atoms with E-state index in [2.05, 4.69) is 24.5 Å². The molecule has 2 fully saturated rings.